The zero-order valence-corrected chi connectivity index (χ0v) is 10.7. The van der Waals surface area contributed by atoms with Gasteiger partial charge in [-0.25, -0.2) is 0 Å². The summed E-state index contributed by atoms with van der Waals surface area (Å²) in [6, 6.07) is 3.99. The van der Waals surface area contributed by atoms with Gasteiger partial charge in [-0.05, 0) is 31.9 Å². The van der Waals surface area contributed by atoms with Crippen LogP contribution < -0.4 is 0 Å². The van der Waals surface area contributed by atoms with Crippen molar-refractivity contribution in [3.8, 4) is 0 Å². The highest BCUT2D eigenvalue weighted by Gasteiger charge is 2.18. The predicted octanol–water partition coefficient (Wildman–Crippen LogP) is 3.75. The average molecular weight is 276 g/mol. The lowest BCUT2D eigenvalue weighted by atomic mass is 9.97. The third kappa shape index (κ3) is 2.37. The van der Waals surface area contributed by atoms with Crippen LogP contribution in [0.2, 0.25) is 0 Å². The summed E-state index contributed by atoms with van der Waals surface area (Å²) in [7, 11) is 0. The van der Waals surface area contributed by atoms with Gasteiger partial charge in [-0.1, -0.05) is 33.6 Å². The summed E-state index contributed by atoms with van der Waals surface area (Å²) in [5.74, 6) is -0.0679. The Morgan fingerprint density at radius 3 is 2.07 bits per heavy atom. The van der Waals surface area contributed by atoms with Gasteiger partial charge in [-0.2, -0.15) is 0 Å². The van der Waals surface area contributed by atoms with Crippen LogP contribution in [-0.4, -0.2) is 10.1 Å². The highest BCUT2D eigenvalue weighted by Crippen LogP contribution is 2.21. The van der Waals surface area contributed by atoms with Crippen molar-refractivity contribution >= 4 is 33.3 Å². The fourth-order valence-electron chi connectivity index (χ4n) is 1.68. The Bertz CT molecular complexity index is 349. The second-order valence-corrected chi connectivity index (χ2v) is 5.32. The molecule has 0 bridgehead atoms. The van der Waals surface area contributed by atoms with Gasteiger partial charge in [0.15, 0.2) is 10.1 Å². The standard InChI is InChI=1S/C11H12BrClO/c1-6-4-7(2)9(8(3)5-6)10(14)11(12)13/h4-5,11H,1-3H3. The van der Waals surface area contributed by atoms with Crippen LogP contribution in [0.5, 0.6) is 0 Å². The van der Waals surface area contributed by atoms with Crippen molar-refractivity contribution in [2.45, 2.75) is 25.1 Å². The molecule has 1 nitrogen and oxygen atoms in total. The summed E-state index contributed by atoms with van der Waals surface area (Å²) in [5.41, 5.74) is 3.86. The smallest absolute Gasteiger partial charge is 0.191 e. The van der Waals surface area contributed by atoms with Gasteiger partial charge in [0.1, 0.15) is 0 Å². The molecule has 0 aromatic heterocycles. The van der Waals surface area contributed by atoms with E-state index in [1.807, 2.05) is 32.9 Å². The molecule has 0 amide bonds. The monoisotopic (exact) mass is 274 g/mol. The average Bonchev–Trinajstić information content (AvgIpc) is 2.01. The van der Waals surface area contributed by atoms with E-state index in [2.05, 4.69) is 15.9 Å². The molecule has 0 N–H and O–H groups in total. The number of halogens is 2. The number of carbonyl (C=O) groups is 1. The van der Waals surface area contributed by atoms with Crippen molar-refractivity contribution < 1.29 is 4.79 Å². The molecule has 0 radical (unpaired) electrons. The summed E-state index contributed by atoms with van der Waals surface area (Å²) < 4.78 is -0.636. The van der Waals surface area contributed by atoms with Gasteiger partial charge >= 0.3 is 0 Å². The Balaban J connectivity index is 3.28. The van der Waals surface area contributed by atoms with Crippen molar-refractivity contribution in [2.24, 2.45) is 0 Å². The van der Waals surface area contributed by atoms with E-state index in [1.54, 1.807) is 0 Å². The second kappa shape index (κ2) is 4.45. The Kier molecular flexibility index (Phi) is 3.73. The lowest BCUT2D eigenvalue weighted by Crippen LogP contribution is -2.11. The molecule has 76 valence electrons. The molecular formula is C11H12BrClO. The van der Waals surface area contributed by atoms with Gasteiger partial charge in [0.25, 0.3) is 0 Å². The molecule has 0 spiro atoms. The molecule has 0 aliphatic rings. The number of benzene rings is 1. The minimum atomic E-state index is -0.636. The summed E-state index contributed by atoms with van der Waals surface area (Å²) in [6.45, 7) is 5.87. The summed E-state index contributed by atoms with van der Waals surface area (Å²) in [6.07, 6.45) is 0. The highest BCUT2D eigenvalue weighted by molar-refractivity contribution is 9.10. The molecule has 1 unspecified atom stereocenters. The topological polar surface area (TPSA) is 17.1 Å². The predicted molar refractivity (Wildman–Crippen MR) is 63.6 cm³/mol. The number of carbonyl (C=O) groups excluding carboxylic acids is 1. The van der Waals surface area contributed by atoms with Crippen molar-refractivity contribution in [1.29, 1.82) is 0 Å². The molecular weight excluding hydrogens is 263 g/mol. The maximum absolute atomic E-state index is 11.7. The first kappa shape index (κ1) is 11.7. The normalized spacial score (nSPS) is 12.6. The third-order valence-electron chi connectivity index (χ3n) is 2.12. The molecule has 0 heterocycles. The quantitative estimate of drug-likeness (QED) is 0.593. The Labute approximate surface area is 97.6 Å². The van der Waals surface area contributed by atoms with E-state index in [4.69, 9.17) is 11.6 Å². The van der Waals surface area contributed by atoms with Gasteiger partial charge in [-0.15, -0.1) is 11.6 Å². The van der Waals surface area contributed by atoms with Crippen LogP contribution in [0.25, 0.3) is 0 Å². The maximum atomic E-state index is 11.7. The Morgan fingerprint density at radius 2 is 1.71 bits per heavy atom. The summed E-state index contributed by atoms with van der Waals surface area (Å²) in [4.78, 5) is 11.7. The molecule has 0 aliphatic carbocycles. The SMILES string of the molecule is Cc1cc(C)c(C(=O)C(Cl)Br)c(C)c1. The van der Waals surface area contributed by atoms with Crippen molar-refractivity contribution in [3.63, 3.8) is 0 Å². The van der Waals surface area contributed by atoms with Gasteiger partial charge in [-0.3, -0.25) is 4.79 Å². The first-order valence-electron chi connectivity index (χ1n) is 4.33. The zero-order valence-electron chi connectivity index (χ0n) is 8.40. The van der Waals surface area contributed by atoms with Crippen LogP contribution in [0.1, 0.15) is 27.0 Å². The largest absolute Gasteiger partial charge is 0.291 e. The molecule has 0 aliphatic heterocycles. The van der Waals surface area contributed by atoms with Crippen molar-refractivity contribution in [3.05, 3.63) is 34.4 Å². The van der Waals surface area contributed by atoms with E-state index >= 15 is 0 Å². The first-order chi connectivity index (χ1) is 6.43. The zero-order chi connectivity index (χ0) is 10.9. The minimum absolute atomic E-state index is 0.0679. The first-order valence-corrected chi connectivity index (χ1v) is 5.69. The van der Waals surface area contributed by atoms with E-state index in [-0.39, 0.29) is 5.78 Å². The van der Waals surface area contributed by atoms with Gasteiger partial charge in [0.05, 0.1) is 0 Å². The Morgan fingerprint density at radius 1 is 1.29 bits per heavy atom. The molecule has 1 aromatic carbocycles. The minimum Gasteiger partial charge on any atom is -0.291 e. The number of Topliss-reactive ketones (excluding diaryl/α,β-unsaturated/α-hetero) is 1. The molecule has 1 rings (SSSR count). The van der Waals surface area contributed by atoms with E-state index in [0.29, 0.717) is 0 Å². The number of alkyl halides is 2. The third-order valence-corrected chi connectivity index (χ3v) is 2.74. The van der Waals surface area contributed by atoms with E-state index < -0.39 is 4.29 Å². The van der Waals surface area contributed by atoms with Gasteiger partial charge in [0, 0.05) is 5.56 Å². The van der Waals surface area contributed by atoms with Crippen LogP contribution in [0.4, 0.5) is 0 Å². The molecule has 14 heavy (non-hydrogen) atoms. The summed E-state index contributed by atoms with van der Waals surface area (Å²) >= 11 is 8.79. The van der Waals surface area contributed by atoms with Crippen LogP contribution in [-0.2, 0) is 0 Å². The number of rotatable bonds is 2. The molecule has 0 saturated carbocycles. The number of hydrogen-bond acceptors (Lipinski definition) is 1. The lowest BCUT2D eigenvalue weighted by Gasteiger charge is -2.10. The van der Waals surface area contributed by atoms with Gasteiger partial charge < -0.3 is 0 Å². The van der Waals surface area contributed by atoms with Gasteiger partial charge in [0.2, 0.25) is 0 Å². The van der Waals surface area contributed by atoms with Crippen molar-refractivity contribution in [1.82, 2.24) is 0 Å². The number of aryl methyl sites for hydroxylation is 3. The second-order valence-electron chi connectivity index (χ2n) is 3.44. The fourth-order valence-corrected chi connectivity index (χ4v) is 2.02. The van der Waals surface area contributed by atoms with E-state index in [9.17, 15) is 4.79 Å². The number of hydrogen-bond donors (Lipinski definition) is 0. The van der Waals surface area contributed by atoms with Crippen LogP contribution in [0.15, 0.2) is 12.1 Å². The van der Waals surface area contributed by atoms with E-state index in [0.717, 1.165) is 22.3 Å². The molecule has 3 heteroatoms. The Hall–Kier alpha value is -0.340. The summed E-state index contributed by atoms with van der Waals surface area (Å²) in [5, 5.41) is 0. The molecule has 0 fully saturated rings. The lowest BCUT2D eigenvalue weighted by molar-refractivity contribution is 0.101. The van der Waals surface area contributed by atoms with Crippen LogP contribution >= 0.6 is 27.5 Å². The van der Waals surface area contributed by atoms with E-state index in [1.165, 1.54) is 0 Å². The molecule has 1 atom stereocenters. The molecule has 1 aromatic rings. The van der Waals surface area contributed by atoms with Crippen LogP contribution in [0.3, 0.4) is 0 Å². The maximum Gasteiger partial charge on any atom is 0.191 e. The van der Waals surface area contributed by atoms with Crippen LogP contribution in [0, 0.1) is 20.8 Å². The van der Waals surface area contributed by atoms with Crippen molar-refractivity contribution in [2.75, 3.05) is 0 Å². The number of ketones is 1. The molecule has 0 saturated heterocycles. The highest BCUT2D eigenvalue weighted by atomic mass is 79.9. The fraction of sp³-hybridized carbons (Fsp3) is 0.364.